The summed E-state index contributed by atoms with van der Waals surface area (Å²) in [5, 5.41) is 4.33. The Morgan fingerprint density at radius 1 is 1.35 bits per heavy atom. The fourth-order valence-corrected chi connectivity index (χ4v) is 1.11. The molecule has 2 N–H and O–H groups in total. The van der Waals surface area contributed by atoms with E-state index < -0.39 is 17.6 Å². The van der Waals surface area contributed by atoms with Gasteiger partial charge in [0.25, 0.3) is 0 Å². The van der Waals surface area contributed by atoms with E-state index >= 15 is 0 Å². The topological polar surface area (TPSA) is 58.2 Å². The van der Waals surface area contributed by atoms with Crippen molar-refractivity contribution in [3.63, 3.8) is 0 Å². The molecule has 17 heavy (non-hydrogen) atoms. The van der Waals surface area contributed by atoms with Crippen LogP contribution in [0.3, 0.4) is 0 Å². The molecule has 0 atom stereocenters. The van der Waals surface area contributed by atoms with Gasteiger partial charge in [-0.25, -0.2) is 0 Å². The van der Waals surface area contributed by atoms with Crippen molar-refractivity contribution in [3.05, 3.63) is 29.8 Å². The van der Waals surface area contributed by atoms with Gasteiger partial charge in [0.05, 0.1) is 12.1 Å². The molecule has 0 heterocycles. The van der Waals surface area contributed by atoms with E-state index in [1.54, 1.807) is 0 Å². The first kappa shape index (κ1) is 13.0. The highest BCUT2D eigenvalue weighted by molar-refractivity contribution is 5.93. The van der Waals surface area contributed by atoms with E-state index in [0.717, 1.165) is 12.1 Å². The van der Waals surface area contributed by atoms with E-state index in [1.807, 2.05) is 0 Å². The minimum absolute atomic E-state index is 0.0255. The predicted octanol–water partition coefficient (Wildman–Crippen LogP) is 1.39. The molecule has 0 unspecified atom stereocenters. The summed E-state index contributed by atoms with van der Waals surface area (Å²) in [6.45, 7) is -0.292. The highest BCUT2D eigenvalue weighted by atomic mass is 19.4. The lowest BCUT2D eigenvalue weighted by Gasteiger charge is -2.09. The average molecular weight is 246 g/mol. The van der Waals surface area contributed by atoms with Crippen molar-refractivity contribution in [1.82, 2.24) is 5.32 Å². The minimum atomic E-state index is -4.46. The monoisotopic (exact) mass is 246 g/mol. The van der Waals surface area contributed by atoms with Gasteiger partial charge < -0.3 is 10.6 Å². The molecule has 0 aliphatic carbocycles. The number of alkyl halides is 3. The molecule has 0 fully saturated rings. The van der Waals surface area contributed by atoms with Gasteiger partial charge in [-0.05, 0) is 18.2 Å². The Balaban J connectivity index is 2.72. The van der Waals surface area contributed by atoms with Crippen LogP contribution in [0.5, 0.6) is 0 Å². The highest BCUT2D eigenvalue weighted by Crippen LogP contribution is 2.30. The molecule has 2 amide bonds. The van der Waals surface area contributed by atoms with Crippen LogP contribution >= 0.6 is 0 Å². The molecule has 0 bridgehead atoms. The van der Waals surface area contributed by atoms with E-state index in [9.17, 15) is 22.8 Å². The summed E-state index contributed by atoms with van der Waals surface area (Å²) in [6.07, 6.45) is -4.13. The Kier molecular flexibility index (Phi) is 4.08. The van der Waals surface area contributed by atoms with Gasteiger partial charge in [-0.2, -0.15) is 13.2 Å². The molecule has 1 aromatic rings. The number of amides is 2. The van der Waals surface area contributed by atoms with E-state index in [2.05, 4.69) is 10.6 Å². The number of rotatable bonds is 4. The van der Waals surface area contributed by atoms with Crippen LogP contribution in [0.4, 0.5) is 18.9 Å². The maximum absolute atomic E-state index is 12.3. The standard InChI is InChI=1S/C10H9F3N2O2/c11-10(12,13)7-2-1-3-8(4-7)15-9(17)5-14-6-16/h1-4,6H,5H2,(H,14,16)(H,15,17). The molecule has 0 aliphatic heterocycles. The number of hydrogen-bond acceptors (Lipinski definition) is 2. The third-order valence-corrected chi connectivity index (χ3v) is 1.82. The van der Waals surface area contributed by atoms with Crippen molar-refractivity contribution < 1.29 is 22.8 Å². The molecule has 7 heteroatoms. The van der Waals surface area contributed by atoms with Crippen LogP contribution in [0.1, 0.15) is 5.56 Å². The first-order chi connectivity index (χ1) is 7.93. The van der Waals surface area contributed by atoms with Gasteiger partial charge in [0.1, 0.15) is 0 Å². The number of anilines is 1. The van der Waals surface area contributed by atoms with Crippen molar-refractivity contribution in [1.29, 1.82) is 0 Å². The Morgan fingerprint density at radius 3 is 2.65 bits per heavy atom. The van der Waals surface area contributed by atoms with Crippen LogP contribution in [-0.4, -0.2) is 18.9 Å². The summed E-state index contributed by atoms with van der Waals surface area (Å²) >= 11 is 0. The smallest absolute Gasteiger partial charge is 0.350 e. The molecule has 0 saturated carbocycles. The maximum atomic E-state index is 12.3. The van der Waals surface area contributed by atoms with Crippen molar-refractivity contribution >= 4 is 18.0 Å². The lowest BCUT2D eigenvalue weighted by Crippen LogP contribution is -2.27. The maximum Gasteiger partial charge on any atom is 0.416 e. The van der Waals surface area contributed by atoms with E-state index in [0.29, 0.717) is 6.41 Å². The quantitative estimate of drug-likeness (QED) is 0.789. The lowest BCUT2D eigenvalue weighted by molar-refractivity contribution is -0.137. The number of benzene rings is 1. The normalized spacial score (nSPS) is 10.8. The molecule has 0 radical (unpaired) electrons. The number of nitrogens with one attached hydrogen (secondary N) is 2. The molecule has 1 rings (SSSR count). The van der Waals surface area contributed by atoms with Crippen LogP contribution in [0.15, 0.2) is 24.3 Å². The van der Waals surface area contributed by atoms with Crippen LogP contribution in [0, 0.1) is 0 Å². The van der Waals surface area contributed by atoms with Gasteiger partial charge in [-0.1, -0.05) is 6.07 Å². The summed E-state index contributed by atoms with van der Waals surface area (Å²) < 4.78 is 37.0. The molecule has 0 aliphatic rings. The van der Waals surface area contributed by atoms with Gasteiger partial charge in [0.15, 0.2) is 0 Å². The first-order valence-corrected chi connectivity index (χ1v) is 4.57. The molecule has 0 spiro atoms. The zero-order valence-corrected chi connectivity index (χ0v) is 8.54. The Hall–Kier alpha value is -2.05. The van der Waals surface area contributed by atoms with Crippen LogP contribution in [0.2, 0.25) is 0 Å². The Labute approximate surface area is 94.8 Å². The first-order valence-electron chi connectivity index (χ1n) is 4.57. The van der Waals surface area contributed by atoms with Crippen LogP contribution in [-0.2, 0) is 15.8 Å². The van der Waals surface area contributed by atoms with Crippen molar-refractivity contribution in [2.45, 2.75) is 6.18 Å². The predicted molar refractivity (Wildman–Crippen MR) is 54.1 cm³/mol. The largest absolute Gasteiger partial charge is 0.416 e. The third kappa shape index (κ3) is 4.13. The number of carbonyl (C=O) groups is 2. The fourth-order valence-electron chi connectivity index (χ4n) is 1.11. The van der Waals surface area contributed by atoms with Crippen molar-refractivity contribution in [3.8, 4) is 0 Å². The molecule has 1 aromatic carbocycles. The second-order valence-electron chi connectivity index (χ2n) is 3.13. The van der Waals surface area contributed by atoms with Crippen molar-refractivity contribution in [2.75, 3.05) is 11.9 Å². The van der Waals surface area contributed by atoms with E-state index in [4.69, 9.17) is 0 Å². The van der Waals surface area contributed by atoms with Gasteiger partial charge in [0.2, 0.25) is 12.3 Å². The number of halogens is 3. The SMILES string of the molecule is O=CNCC(=O)Nc1cccc(C(F)(F)F)c1. The van der Waals surface area contributed by atoms with Crippen molar-refractivity contribution in [2.24, 2.45) is 0 Å². The number of carbonyl (C=O) groups excluding carboxylic acids is 2. The van der Waals surface area contributed by atoms with E-state index in [-0.39, 0.29) is 12.2 Å². The van der Waals surface area contributed by atoms with Gasteiger partial charge in [-0.3, -0.25) is 9.59 Å². The molecule has 4 nitrogen and oxygen atoms in total. The van der Waals surface area contributed by atoms with E-state index in [1.165, 1.54) is 12.1 Å². The second-order valence-corrected chi connectivity index (χ2v) is 3.13. The summed E-state index contributed by atoms with van der Waals surface area (Å²) in [5.74, 6) is -0.601. The van der Waals surface area contributed by atoms with Crippen LogP contribution in [0.25, 0.3) is 0 Å². The lowest BCUT2D eigenvalue weighted by atomic mass is 10.2. The average Bonchev–Trinajstić information content (AvgIpc) is 2.25. The fraction of sp³-hybridized carbons (Fsp3) is 0.200. The molecule has 0 aromatic heterocycles. The Morgan fingerprint density at radius 2 is 2.06 bits per heavy atom. The van der Waals surface area contributed by atoms with Gasteiger partial charge >= 0.3 is 6.18 Å². The zero-order valence-electron chi connectivity index (χ0n) is 8.54. The molecular weight excluding hydrogens is 237 g/mol. The third-order valence-electron chi connectivity index (χ3n) is 1.82. The summed E-state index contributed by atoms with van der Waals surface area (Å²) in [6, 6.07) is 4.23. The molecule has 0 saturated heterocycles. The molecular formula is C10H9F3N2O2. The highest BCUT2D eigenvalue weighted by Gasteiger charge is 2.30. The summed E-state index contributed by atoms with van der Waals surface area (Å²) in [4.78, 5) is 21.0. The van der Waals surface area contributed by atoms with Gasteiger partial charge in [0, 0.05) is 5.69 Å². The summed E-state index contributed by atoms with van der Waals surface area (Å²) in [5.41, 5.74) is -0.823. The zero-order chi connectivity index (χ0) is 12.9. The number of hydrogen-bond donors (Lipinski definition) is 2. The second kappa shape index (κ2) is 5.33. The summed E-state index contributed by atoms with van der Waals surface area (Å²) in [7, 11) is 0. The molecule has 92 valence electrons. The van der Waals surface area contributed by atoms with Gasteiger partial charge in [-0.15, -0.1) is 0 Å². The minimum Gasteiger partial charge on any atom is -0.350 e. The Bertz CT molecular complexity index is 418. The van der Waals surface area contributed by atoms with Crippen LogP contribution < -0.4 is 10.6 Å².